The Morgan fingerprint density at radius 3 is 2.20 bits per heavy atom. The third-order valence-electron chi connectivity index (χ3n) is 2.63. The van der Waals surface area contributed by atoms with Gasteiger partial charge in [-0.25, -0.2) is 5.43 Å². The van der Waals surface area contributed by atoms with E-state index in [4.69, 9.17) is 0 Å². The highest BCUT2D eigenvalue weighted by atomic mass is 16.2. The second kappa shape index (κ2) is 5.96. The summed E-state index contributed by atoms with van der Waals surface area (Å²) in [6.07, 6.45) is 0.579. The van der Waals surface area contributed by atoms with Crippen LogP contribution in [0.1, 0.15) is 19.8 Å². The summed E-state index contributed by atoms with van der Waals surface area (Å²) in [7, 11) is 0. The number of benzene rings is 1. The SMILES string of the molecule is CC(=O)Nc1ccc(NC(=O)C2=NNC(=O)CC2)cc1. The van der Waals surface area contributed by atoms with E-state index < -0.39 is 0 Å². The lowest BCUT2D eigenvalue weighted by Gasteiger charge is -2.12. The molecule has 0 unspecified atom stereocenters. The zero-order valence-electron chi connectivity index (χ0n) is 10.9. The molecule has 0 atom stereocenters. The second-order valence-corrected chi connectivity index (χ2v) is 4.31. The minimum absolute atomic E-state index is 0.158. The van der Waals surface area contributed by atoms with Gasteiger partial charge in [-0.15, -0.1) is 0 Å². The van der Waals surface area contributed by atoms with Crippen LogP contribution in [0.2, 0.25) is 0 Å². The molecule has 3 amide bonds. The lowest BCUT2D eigenvalue weighted by Crippen LogP contribution is -2.32. The van der Waals surface area contributed by atoms with Gasteiger partial charge in [0.1, 0.15) is 5.71 Å². The fourth-order valence-electron chi connectivity index (χ4n) is 1.68. The molecule has 0 aromatic heterocycles. The van der Waals surface area contributed by atoms with E-state index in [2.05, 4.69) is 21.2 Å². The first-order valence-corrected chi connectivity index (χ1v) is 6.09. The minimum atomic E-state index is -0.350. The van der Waals surface area contributed by atoms with Crippen molar-refractivity contribution in [1.29, 1.82) is 0 Å². The average Bonchev–Trinajstić information content (AvgIpc) is 2.41. The van der Waals surface area contributed by atoms with Crippen LogP contribution in [0.5, 0.6) is 0 Å². The van der Waals surface area contributed by atoms with E-state index in [0.717, 1.165) is 0 Å². The van der Waals surface area contributed by atoms with Crippen molar-refractivity contribution in [2.24, 2.45) is 5.10 Å². The Hall–Kier alpha value is -2.70. The van der Waals surface area contributed by atoms with Crippen LogP contribution in [-0.2, 0) is 14.4 Å². The zero-order chi connectivity index (χ0) is 14.5. The summed E-state index contributed by atoms with van der Waals surface area (Å²) >= 11 is 0. The van der Waals surface area contributed by atoms with Gasteiger partial charge in [-0.05, 0) is 24.3 Å². The molecule has 1 aliphatic heterocycles. The van der Waals surface area contributed by atoms with Crippen LogP contribution in [0, 0.1) is 0 Å². The first-order chi connectivity index (χ1) is 9.54. The van der Waals surface area contributed by atoms with Crippen LogP contribution in [0.25, 0.3) is 0 Å². The third kappa shape index (κ3) is 3.64. The Balaban J connectivity index is 1.97. The predicted octanol–water partition coefficient (Wildman–Crippen LogP) is 0.849. The maximum Gasteiger partial charge on any atom is 0.271 e. The predicted molar refractivity (Wildman–Crippen MR) is 74.2 cm³/mol. The van der Waals surface area contributed by atoms with Crippen LogP contribution in [0.3, 0.4) is 0 Å². The molecule has 0 aliphatic carbocycles. The summed E-state index contributed by atoms with van der Waals surface area (Å²) in [5.41, 5.74) is 3.80. The number of anilines is 2. The van der Waals surface area contributed by atoms with Crippen molar-refractivity contribution in [2.75, 3.05) is 10.6 Å². The topological polar surface area (TPSA) is 99.7 Å². The number of nitrogens with one attached hydrogen (secondary N) is 3. The number of carbonyl (C=O) groups is 3. The molecule has 0 bridgehead atoms. The molecule has 0 spiro atoms. The maximum atomic E-state index is 11.9. The van der Waals surface area contributed by atoms with Gasteiger partial charge in [-0.1, -0.05) is 0 Å². The Kier molecular flexibility index (Phi) is 4.09. The van der Waals surface area contributed by atoms with Gasteiger partial charge in [0.2, 0.25) is 11.8 Å². The van der Waals surface area contributed by atoms with Crippen LogP contribution in [0.15, 0.2) is 29.4 Å². The van der Waals surface area contributed by atoms with Crippen molar-refractivity contribution in [2.45, 2.75) is 19.8 Å². The lowest BCUT2D eigenvalue weighted by molar-refractivity contribution is -0.121. The molecule has 0 radical (unpaired) electrons. The zero-order valence-corrected chi connectivity index (χ0v) is 10.9. The quantitative estimate of drug-likeness (QED) is 0.761. The molecule has 7 heteroatoms. The van der Waals surface area contributed by atoms with Crippen LogP contribution >= 0.6 is 0 Å². The normalized spacial score (nSPS) is 14.1. The molecular formula is C13H14N4O3. The average molecular weight is 274 g/mol. The van der Waals surface area contributed by atoms with E-state index in [1.807, 2.05) is 0 Å². The highest BCUT2D eigenvalue weighted by Gasteiger charge is 2.18. The lowest BCUT2D eigenvalue weighted by atomic mass is 10.1. The van der Waals surface area contributed by atoms with Gasteiger partial charge in [-0.2, -0.15) is 5.10 Å². The molecule has 1 heterocycles. The van der Waals surface area contributed by atoms with E-state index >= 15 is 0 Å². The molecular weight excluding hydrogens is 260 g/mol. The maximum absolute atomic E-state index is 11.9. The van der Waals surface area contributed by atoms with E-state index in [-0.39, 0.29) is 29.9 Å². The largest absolute Gasteiger partial charge is 0.326 e. The second-order valence-electron chi connectivity index (χ2n) is 4.31. The van der Waals surface area contributed by atoms with Gasteiger partial charge >= 0.3 is 0 Å². The van der Waals surface area contributed by atoms with Crippen molar-refractivity contribution in [3.05, 3.63) is 24.3 Å². The van der Waals surface area contributed by atoms with Crippen molar-refractivity contribution < 1.29 is 14.4 Å². The van der Waals surface area contributed by atoms with E-state index in [1.165, 1.54) is 6.92 Å². The Bertz CT molecular complexity index is 578. The fourth-order valence-corrected chi connectivity index (χ4v) is 1.68. The molecule has 20 heavy (non-hydrogen) atoms. The van der Waals surface area contributed by atoms with E-state index in [9.17, 15) is 14.4 Å². The highest BCUT2D eigenvalue weighted by Crippen LogP contribution is 2.14. The Morgan fingerprint density at radius 1 is 1.10 bits per heavy atom. The molecule has 1 aliphatic rings. The van der Waals surface area contributed by atoms with Crippen LogP contribution in [-0.4, -0.2) is 23.4 Å². The van der Waals surface area contributed by atoms with E-state index in [1.54, 1.807) is 24.3 Å². The summed E-state index contributed by atoms with van der Waals surface area (Å²) in [5, 5.41) is 9.02. The summed E-state index contributed by atoms with van der Waals surface area (Å²) in [6, 6.07) is 6.71. The number of rotatable bonds is 3. The standard InChI is InChI=1S/C13H14N4O3/c1-8(18)14-9-2-4-10(5-3-9)15-13(20)11-6-7-12(19)17-16-11/h2-5H,6-7H2,1H3,(H,14,18)(H,15,20)(H,17,19). The first-order valence-electron chi connectivity index (χ1n) is 6.09. The van der Waals surface area contributed by atoms with Crippen LogP contribution < -0.4 is 16.1 Å². The smallest absolute Gasteiger partial charge is 0.271 e. The van der Waals surface area contributed by atoms with Crippen LogP contribution in [0.4, 0.5) is 11.4 Å². The number of hydrazone groups is 1. The minimum Gasteiger partial charge on any atom is -0.326 e. The van der Waals surface area contributed by atoms with Gasteiger partial charge in [-0.3, -0.25) is 14.4 Å². The Labute approximate surface area is 115 Å². The molecule has 2 rings (SSSR count). The van der Waals surface area contributed by atoms with Gasteiger partial charge < -0.3 is 10.6 Å². The number of hydrogen-bond donors (Lipinski definition) is 3. The monoisotopic (exact) mass is 274 g/mol. The molecule has 0 saturated heterocycles. The molecule has 0 fully saturated rings. The summed E-state index contributed by atoms with van der Waals surface area (Å²) < 4.78 is 0. The highest BCUT2D eigenvalue weighted by molar-refractivity contribution is 6.43. The number of carbonyl (C=O) groups excluding carboxylic acids is 3. The molecule has 3 N–H and O–H groups in total. The van der Waals surface area contributed by atoms with Gasteiger partial charge in [0.15, 0.2) is 0 Å². The summed E-state index contributed by atoms with van der Waals surface area (Å²) in [6.45, 7) is 1.42. The van der Waals surface area contributed by atoms with Crippen molar-refractivity contribution in [3.63, 3.8) is 0 Å². The molecule has 7 nitrogen and oxygen atoms in total. The fraction of sp³-hybridized carbons (Fsp3) is 0.231. The number of amides is 3. The van der Waals surface area contributed by atoms with E-state index in [0.29, 0.717) is 17.8 Å². The van der Waals surface area contributed by atoms with Gasteiger partial charge in [0, 0.05) is 31.1 Å². The van der Waals surface area contributed by atoms with Crippen molar-refractivity contribution in [1.82, 2.24) is 5.43 Å². The molecule has 0 saturated carbocycles. The van der Waals surface area contributed by atoms with Crippen molar-refractivity contribution >= 4 is 34.8 Å². The summed E-state index contributed by atoms with van der Waals surface area (Å²) in [5.74, 6) is -0.701. The first kappa shape index (κ1) is 13.7. The summed E-state index contributed by atoms with van der Waals surface area (Å²) in [4.78, 5) is 33.7. The molecule has 104 valence electrons. The van der Waals surface area contributed by atoms with Gasteiger partial charge in [0.25, 0.3) is 5.91 Å². The van der Waals surface area contributed by atoms with Gasteiger partial charge in [0.05, 0.1) is 0 Å². The molecule has 1 aromatic carbocycles. The third-order valence-corrected chi connectivity index (χ3v) is 2.63. The van der Waals surface area contributed by atoms with Crippen molar-refractivity contribution in [3.8, 4) is 0 Å². The Morgan fingerprint density at radius 2 is 1.70 bits per heavy atom. The number of nitrogens with zero attached hydrogens (tertiary/aromatic N) is 1. The number of hydrogen-bond acceptors (Lipinski definition) is 4. The molecule has 1 aromatic rings.